The molecule has 1 heterocycles. The summed E-state index contributed by atoms with van der Waals surface area (Å²) in [7, 11) is 0. The normalized spacial score (nSPS) is 16.4. The van der Waals surface area contributed by atoms with Crippen LogP contribution in [0.15, 0.2) is 30.3 Å². The molecular weight excluding hydrogens is 526 g/mol. The molecule has 0 aromatic heterocycles. The lowest BCUT2D eigenvalue weighted by Crippen LogP contribution is -2.37. The van der Waals surface area contributed by atoms with Crippen molar-refractivity contribution in [2.75, 3.05) is 11.4 Å². The maximum Gasteiger partial charge on any atom is 0.416 e. The zero-order valence-electron chi connectivity index (χ0n) is 22.7. The highest BCUT2D eigenvalue weighted by molar-refractivity contribution is 5.90. The third-order valence-electron chi connectivity index (χ3n) is 6.55. The number of fused-ring (bicyclic) bond motifs is 1. The van der Waals surface area contributed by atoms with E-state index in [4.69, 9.17) is 4.74 Å². The first-order valence-corrected chi connectivity index (χ1v) is 12.4. The molecule has 0 saturated carbocycles. The number of hydrogen-bond acceptors (Lipinski definition) is 3. The Balaban J connectivity index is 2.12. The topological polar surface area (TPSA) is 49.9 Å². The minimum Gasteiger partial charge on any atom is -0.443 e. The average Bonchev–Trinajstić information content (AvgIpc) is 2.94. The first kappa shape index (κ1) is 30.3. The Morgan fingerprint density at radius 2 is 1.46 bits per heavy atom. The molecule has 0 saturated heterocycles. The largest absolute Gasteiger partial charge is 0.443 e. The molecule has 2 aromatic rings. The van der Waals surface area contributed by atoms with Crippen molar-refractivity contribution in [3.05, 3.63) is 63.7 Å². The van der Waals surface area contributed by atoms with Crippen molar-refractivity contribution in [2.24, 2.45) is 0 Å². The molecule has 0 aliphatic carbocycles. The fraction of sp³-hybridized carbons (Fsp3) is 0.500. The van der Waals surface area contributed by atoms with Gasteiger partial charge in [-0.25, -0.2) is 4.79 Å². The summed E-state index contributed by atoms with van der Waals surface area (Å²) in [6.45, 7) is 9.89. The maximum atomic E-state index is 13.5. The lowest BCUT2D eigenvalue weighted by atomic mass is 9.94. The molecule has 1 atom stereocenters. The quantitative estimate of drug-likeness (QED) is 0.359. The van der Waals surface area contributed by atoms with Crippen LogP contribution in [-0.2, 0) is 28.4 Å². The van der Waals surface area contributed by atoms with Crippen molar-refractivity contribution in [1.29, 1.82) is 0 Å². The van der Waals surface area contributed by atoms with Gasteiger partial charge in [0.05, 0.1) is 22.9 Å². The van der Waals surface area contributed by atoms with E-state index in [0.29, 0.717) is 36.2 Å². The number of carbonyl (C=O) groups excluding carboxylic acids is 2. The lowest BCUT2D eigenvalue weighted by Gasteiger charge is -2.33. The first-order valence-electron chi connectivity index (χ1n) is 12.4. The van der Waals surface area contributed by atoms with E-state index in [2.05, 4.69) is 0 Å². The molecule has 2 aromatic carbocycles. The van der Waals surface area contributed by atoms with Crippen LogP contribution in [0.3, 0.4) is 0 Å². The number of benzene rings is 2. The molecule has 3 rings (SSSR count). The number of aryl methyl sites for hydroxylation is 2. The molecule has 39 heavy (non-hydrogen) atoms. The monoisotopic (exact) mass is 558 g/mol. The Kier molecular flexibility index (Phi) is 8.34. The van der Waals surface area contributed by atoms with Gasteiger partial charge in [0.2, 0.25) is 5.91 Å². The van der Waals surface area contributed by atoms with Crippen LogP contribution in [-0.4, -0.2) is 29.0 Å². The number of ether oxygens (including phenoxy) is 1. The van der Waals surface area contributed by atoms with E-state index in [1.807, 2.05) is 13.8 Å². The summed E-state index contributed by atoms with van der Waals surface area (Å²) < 4.78 is 86.3. The molecule has 5 nitrogen and oxygen atoms in total. The van der Waals surface area contributed by atoms with Crippen molar-refractivity contribution in [3.63, 3.8) is 0 Å². The molecule has 11 heteroatoms. The fourth-order valence-corrected chi connectivity index (χ4v) is 4.62. The summed E-state index contributed by atoms with van der Waals surface area (Å²) in [4.78, 5) is 28.7. The minimum absolute atomic E-state index is 0.0629. The van der Waals surface area contributed by atoms with Gasteiger partial charge in [-0.1, -0.05) is 6.07 Å². The van der Waals surface area contributed by atoms with Crippen LogP contribution in [0.25, 0.3) is 0 Å². The van der Waals surface area contributed by atoms with Crippen LogP contribution in [0.4, 0.5) is 36.8 Å². The van der Waals surface area contributed by atoms with Gasteiger partial charge in [-0.2, -0.15) is 26.3 Å². The number of halogens is 6. The average molecular weight is 559 g/mol. The van der Waals surface area contributed by atoms with E-state index in [-0.39, 0.29) is 18.2 Å². The van der Waals surface area contributed by atoms with Crippen molar-refractivity contribution < 1.29 is 40.7 Å². The Bertz CT molecular complexity index is 1220. The van der Waals surface area contributed by atoms with Gasteiger partial charge in [0.25, 0.3) is 0 Å². The molecule has 0 bridgehead atoms. The molecule has 2 amide bonds. The van der Waals surface area contributed by atoms with Gasteiger partial charge in [0.15, 0.2) is 0 Å². The van der Waals surface area contributed by atoms with Crippen molar-refractivity contribution >= 4 is 17.7 Å². The van der Waals surface area contributed by atoms with Crippen LogP contribution >= 0.6 is 0 Å². The van der Waals surface area contributed by atoms with Gasteiger partial charge >= 0.3 is 18.4 Å². The van der Waals surface area contributed by atoms with Crippen LogP contribution in [0, 0.1) is 13.8 Å². The standard InChI is InChI=1S/C28H32F6N2O3/c1-16-10-22-23(8-7-9-35(24(22)11-17(16)2)25(38)39-26(4,5)6)36(18(3)37)15-19-12-20(27(29,30)31)14-21(13-19)28(32,33)34/h10-14,23H,7-9,15H2,1-6H3. The van der Waals surface area contributed by atoms with Crippen molar-refractivity contribution in [1.82, 2.24) is 4.90 Å². The predicted molar refractivity (Wildman–Crippen MR) is 134 cm³/mol. The molecule has 0 fully saturated rings. The van der Waals surface area contributed by atoms with Crippen LogP contribution in [0.1, 0.15) is 80.0 Å². The molecule has 214 valence electrons. The summed E-state index contributed by atoms with van der Waals surface area (Å²) >= 11 is 0. The van der Waals surface area contributed by atoms with E-state index in [1.54, 1.807) is 32.9 Å². The summed E-state index contributed by atoms with van der Waals surface area (Å²) in [5, 5.41) is 0. The van der Waals surface area contributed by atoms with E-state index in [1.165, 1.54) is 16.7 Å². The SMILES string of the molecule is CC(=O)N(Cc1cc(C(F)(F)F)cc(C(F)(F)F)c1)C1CCCN(C(=O)OC(C)(C)C)c2cc(C)c(C)cc21. The molecule has 0 radical (unpaired) electrons. The second kappa shape index (κ2) is 10.7. The minimum atomic E-state index is -5.01. The smallest absolute Gasteiger partial charge is 0.416 e. The van der Waals surface area contributed by atoms with E-state index in [9.17, 15) is 35.9 Å². The highest BCUT2D eigenvalue weighted by atomic mass is 19.4. The molecule has 0 N–H and O–H groups in total. The van der Waals surface area contributed by atoms with E-state index in [0.717, 1.165) is 11.1 Å². The molecule has 0 spiro atoms. The molecule has 1 aliphatic rings. The van der Waals surface area contributed by atoms with Gasteiger partial charge in [0, 0.05) is 20.0 Å². The van der Waals surface area contributed by atoms with Crippen molar-refractivity contribution in [3.8, 4) is 0 Å². The van der Waals surface area contributed by atoms with Gasteiger partial charge in [-0.3, -0.25) is 9.69 Å². The number of hydrogen-bond donors (Lipinski definition) is 0. The summed E-state index contributed by atoms with van der Waals surface area (Å²) in [5.74, 6) is -0.527. The number of nitrogens with zero attached hydrogens (tertiary/aromatic N) is 2. The zero-order valence-corrected chi connectivity index (χ0v) is 22.7. The fourth-order valence-electron chi connectivity index (χ4n) is 4.62. The second-order valence-electron chi connectivity index (χ2n) is 10.8. The van der Waals surface area contributed by atoms with Crippen LogP contribution in [0.2, 0.25) is 0 Å². The van der Waals surface area contributed by atoms with Crippen LogP contribution in [0.5, 0.6) is 0 Å². The molecular formula is C28H32F6N2O3. The molecule has 1 aliphatic heterocycles. The maximum absolute atomic E-state index is 13.5. The van der Waals surface area contributed by atoms with Gasteiger partial charge < -0.3 is 9.64 Å². The first-order chi connectivity index (χ1) is 17.8. The molecule has 1 unspecified atom stereocenters. The number of alkyl halides is 6. The van der Waals surface area contributed by atoms with Crippen LogP contribution < -0.4 is 4.90 Å². The summed E-state index contributed by atoms with van der Waals surface area (Å²) in [6, 6.07) is 4.23. The number of rotatable bonds is 3. The highest BCUT2D eigenvalue weighted by Crippen LogP contribution is 2.41. The number of amides is 2. The van der Waals surface area contributed by atoms with Gasteiger partial charge in [-0.15, -0.1) is 0 Å². The highest BCUT2D eigenvalue weighted by Gasteiger charge is 2.38. The predicted octanol–water partition coefficient (Wildman–Crippen LogP) is 7.97. The third-order valence-corrected chi connectivity index (χ3v) is 6.55. The Morgan fingerprint density at radius 1 is 0.923 bits per heavy atom. The van der Waals surface area contributed by atoms with E-state index >= 15 is 0 Å². The number of carbonyl (C=O) groups is 2. The number of anilines is 1. The van der Waals surface area contributed by atoms with Gasteiger partial charge in [0.1, 0.15) is 5.60 Å². The van der Waals surface area contributed by atoms with Gasteiger partial charge in [-0.05, 0) is 94.0 Å². The second-order valence-corrected chi connectivity index (χ2v) is 10.8. The summed E-state index contributed by atoms with van der Waals surface area (Å²) in [6.07, 6.45) is -9.85. The Morgan fingerprint density at radius 3 is 1.95 bits per heavy atom. The van der Waals surface area contributed by atoms with Crippen molar-refractivity contribution in [2.45, 2.75) is 84.9 Å². The third kappa shape index (κ3) is 7.24. The lowest BCUT2D eigenvalue weighted by molar-refractivity contribution is -0.143. The van der Waals surface area contributed by atoms with E-state index < -0.39 is 53.7 Å². The Labute approximate surface area is 223 Å². The zero-order chi connectivity index (χ0) is 29.5. The summed E-state index contributed by atoms with van der Waals surface area (Å²) in [5.41, 5.74) is -1.18. The Hall–Kier alpha value is -3.24.